The van der Waals surface area contributed by atoms with E-state index in [9.17, 15) is 9.59 Å². The Labute approximate surface area is 101 Å². The Hall–Kier alpha value is -1.12. The fourth-order valence-corrected chi connectivity index (χ4v) is 4.04. The van der Waals surface area contributed by atoms with Gasteiger partial charge in [0.2, 0.25) is 0 Å². The number of carbonyl (C=O) groups is 2. The molecule has 3 heteroatoms. The molecule has 5 unspecified atom stereocenters. The molecule has 0 spiro atoms. The largest absolute Gasteiger partial charge is 0.393 e. The van der Waals surface area contributed by atoms with Crippen LogP contribution in [0.4, 0.5) is 0 Å². The molecule has 3 aliphatic carbocycles. The number of allylic oxidation sites excluding steroid dienone is 2. The number of fused-ring (bicyclic) bond motifs is 1. The normalized spacial score (nSPS) is 43.8. The number of ether oxygens (including phenoxy) is 1. The number of rotatable bonds is 1. The van der Waals surface area contributed by atoms with Crippen LogP contribution in [0.1, 0.15) is 27.2 Å². The molecule has 2 bridgehead atoms. The first kappa shape index (κ1) is 11.0. The summed E-state index contributed by atoms with van der Waals surface area (Å²) in [4.78, 5) is 23.6. The highest BCUT2D eigenvalue weighted by molar-refractivity contribution is 5.97. The van der Waals surface area contributed by atoms with E-state index in [1.165, 1.54) is 5.57 Å². The third-order valence-electron chi connectivity index (χ3n) is 4.90. The first-order valence-corrected chi connectivity index (χ1v) is 6.44. The lowest BCUT2D eigenvalue weighted by Gasteiger charge is -2.47. The average molecular weight is 234 g/mol. The van der Waals surface area contributed by atoms with Crippen LogP contribution in [0.15, 0.2) is 11.6 Å². The van der Waals surface area contributed by atoms with Crippen molar-refractivity contribution in [1.29, 1.82) is 0 Å². The van der Waals surface area contributed by atoms with Crippen molar-refractivity contribution in [1.82, 2.24) is 0 Å². The second-order valence-corrected chi connectivity index (χ2v) is 6.03. The van der Waals surface area contributed by atoms with Gasteiger partial charge in [0, 0.05) is 0 Å². The van der Waals surface area contributed by atoms with E-state index < -0.39 is 0 Å². The summed E-state index contributed by atoms with van der Waals surface area (Å²) in [6.45, 7) is 6.48. The van der Waals surface area contributed by atoms with Crippen LogP contribution in [0, 0.1) is 35.5 Å². The molecule has 0 aromatic rings. The van der Waals surface area contributed by atoms with Gasteiger partial charge in [-0.2, -0.15) is 0 Å². The molecule has 1 saturated heterocycles. The van der Waals surface area contributed by atoms with Gasteiger partial charge in [0.15, 0.2) is 0 Å². The van der Waals surface area contributed by atoms with Crippen LogP contribution in [0.2, 0.25) is 0 Å². The average Bonchev–Trinajstić information content (AvgIpc) is 2.56. The van der Waals surface area contributed by atoms with Gasteiger partial charge in [0.05, 0.1) is 11.8 Å². The van der Waals surface area contributed by atoms with Crippen molar-refractivity contribution in [3.8, 4) is 0 Å². The number of cyclic esters (lactones) is 2. The summed E-state index contributed by atoms with van der Waals surface area (Å²) in [6, 6.07) is 0. The topological polar surface area (TPSA) is 43.4 Å². The predicted molar refractivity (Wildman–Crippen MR) is 61.8 cm³/mol. The highest BCUT2D eigenvalue weighted by atomic mass is 16.6. The Morgan fingerprint density at radius 1 is 1.24 bits per heavy atom. The maximum Gasteiger partial charge on any atom is 0.318 e. The van der Waals surface area contributed by atoms with Crippen molar-refractivity contribution in [2.24, 2.45) is 35.5 Å². The lowest BCUT2D eigenvalue weighted by molar-refractivity contribution is -0.154. The third-order valence-corrected chi connectivity index (χ3v) is 4.90. The smallest absolute Gasteiger partial charge is 0.318 e. The number of hydrogen-bond acceptors (Lipinski definition) is 3. The number of hydrogen-bond donors (Lipinski definition) is 0. The monoisotopic (exact) mass is 234 g/mol. The molecule has 3 nitrogen and oxygen atoms in total. The quantitative estimate of drug-likeness (QED) is 0.397. The highest BCUT2D eigenvalue weighted by Crippen LogP contribution is 2.55. The van der Waals surface area contributed by atoms with Crippen LogP contribution in [0.5, 0.6) is 0 Å². The lowest BCUT2D eigenvalue weighted by Crippen LogP contribution is -2.46. The predicted octanol–water partition coefficient (Wildman–Crippen LogP) is 2.17. The molecule has 0 amide bonds. The van der Waals surface area contributed by atoms with Crippen LogP contribution >= 0.6 is 0 Å². The summed E-state index contributed by atoms with van der Waals surface area (Å²) in [7, 11) is 0. The van der Waals surface area contributed by atoms with E-state index in [0.717, 1.165) is 6.42 Å². The second-order valence-electron chi connectivity index (χ2n) is 6.03. The minimum Gasteiger partial charge on any atom is -0.393 e. The van der Waals surface area contributed by atoms with Gasteiger partial charge in [0.1, 0.15) is 0 Å². The molecule has 0 aromatic heterocycles. The summed E-state index contributed by atoms with van der Waals surface area (Å²) < 4.78 is 4.85. The van der Waals surface area contributed by atoms with E-state index in [0.29, 0.717) is 11.8 Å². The molecule has 0 N–H and O–H groups in total. The Morgan fingerprint density at radius 3 is 2.53 bits per heavy atom. The first-order chi connectivity index (χ1) is 8.00. The molecule has 1 saturated carbocycles. The Kier molecular flexibility index (Phi) is 2.22. The second kappa shape index (κ2) is 3.44. The van der Waals surface area contributed by atoms with Crippen LogP contribution in [0.3, 0.4) is 0 Å². The van der Waals surface area contributed by atoms with Gasteiger partial charge in [-0.1, -0.05) is 25.5 Å². The molecule has 1 heterocycles. The number of esters is 2. The molecule has 2 fully saturated rings. The van der Waals surface area contributed by atoms with Crippen LogP contribution in [-0.4, -0.2) is 11.9 Å². The highest BCUT2D eigenvalue weighted by Gasteiger charge is 2.59. The van der Waals surface area contributed by atoms with Crippen molar-refractivity contribution >= 4 is 11.9 Å². The fraction of sp³-hybridized carbons (Fsp3) is 0.714. The Morgan fingerprint density at radius 2 is 1.88 bits per heavy atom. The standard InChI is InChI=1S/C14H18O3/c1-6(2)8-5-9-7(3)4-10(8)12-11(9)13(15)17-14(12)16/h4,6,8-12H,5H2,1-3H3. The summed E-state index contributed by atoms with van der Waals surface area (Å²) in [5.74, 6) is 0.554. The zero-order valence-electron chi connectivity index (χ0n) is 10.5. The maximum atomic E-state index is 11.8. The van der Waals surface area contributed by atoms with Gasteiger partial charge in [-0.05, 0) is 37.0 Å². The Bertz CT molecular complexity index is 421. The van der Waals surface area contributed by atoms with E-state index >= 15 is 0 Å². The SMILES string of the molecule is CC1=CC2C(C(C)C)CC1C1C(=O)OC(=O)C21. The summed E-state index contributed by atoms with van der Waals surface area (Å²) in [5.41, 5.74) is 1.28. The van der Waals surface area contributed by atoms with E-state index in [4.69, 9.17) is 4.74 Å². The van der Waals surface area contributed by atoms with Crippen LogP contribution in [0.25, 0.3) is 0 Å². The molecular formula is C14H18O3. The molecule has 92 valence electrons. The fourth-order valence-electron chi connectivity index (χ4n) is 4.04. The minimum atomic E-state index is -0.288. The van der Waals surface area contributed by atoms with Crippen molar-refractivity contribution in [3.05, 3.63) is 11.6 Å². The van der Waals surface area contributed by atoms with Gasteiger partial charge in [-0.15, -0.1) is 0 Å². The van der Waals surface area contributed by atoms with Gasteiger partial charge in [-0.25, -0.2) is 0 Å². The lowest BCUT2D eigenvalue weighted by atomic mass is 9.54. The van der Waals surface area contributed by atoms with Gasteiger partial charge >= 0.3 is 11.9 Å². The molecule has 1 aliphatic heterocycles. The zero-order chi connectivity index (χ0) is 12.3. The number of carbonyl (C=O) groups excluding carboxylic acids is 2. The van der Waals surface area contributed by atoms with Crippen LogP contribution < -0.4 is 0 Å². The molecule has 0 aromatic carbocycles. The van der Waals surface area contributed by atoms with Gasteiger partial charge < -0.3 is 4.74 Å². The van der Waals surface area contributed by atoms with E-state index in [1.54, 1.807) is 0 Å². The van der Waals surface area contributed by atoms with Gasteiger partial charge in [-0.3, -0.25) is 9.59 Å². The zero-order valence-corrected chi connectivity index (χ0v) is 10.5. The first-order valence-electron chi connectivity index (χ1n) is 6.44. The Balaban J connectivity index is 2.04. The summed E-state index contributed by atoms with van der Waals surface area (Å²) in [6.07, 6.45) is 3.26. The molecule has 4 rings (SSSR count). The summed E-state index contributed by atoms with van der Waals surface area (Å²) >= 11 is 0. The molecule has 4 aliphatic rings. The van der Waals surface area contributed by atoms with E-state index in [2.05, 4.69) is 26.8 Å². The van der Waals surface area contributed by atoms with Gasteiger partial charge in [0.25, 0.3) is 0 Å². The molecule has 0 radical (unpaired) electrons. The molecule has 17 heavy (non-hydrogen) atoms. The minimum absolute atomic E-state index is 0.188. The van der Waals surface area contributed by atoms with Crippen molar-refractivity contribution < 1.29 is 14.3 Å². The van der Waals surface area contributed by atoms with Crippen LogP contribution in [-0.2, 0) is 14.3 Å². The third kappa shape index (κ3) is 1.34. The van der Waals surface area contributed by atoms with Crippen molar-refractivity contribution in [3.63, 3.8) is 0 Å². The molecular weight excluding hydrogens is 216 g/mol. The van der Waals surface area contributed by atoms with E-state index in [-0.39, 0.29) is 35.6 Å². The summed E-state index contributed by atoms with van der Waals surface area (Å²) in [5, 5.41) is 0. The van der Waals surface area contributed by atoms with E-state index in [1.807, 2.05) is 0 Å². The van der Waals surface area contributed by atoms with Crippen molar-refractivity contribution in [2.75, 3.05) is 0 Å². The van der Waals surface area contributed by atoms with Crippen molar-refractivity contribution in [2.45, 2.75) is 27.2 Å². The molecule has 5 atom stereocenters. The maximum absolute atomic E-state index is 11.8.